The standard InChI is InChI=1S/C3H8O2.C3H6.C2H6O2/c1-3(5)2-4;1-2-3-1;3-1-2-4/h3-5H,2H2,1H3;1-3H2;3-4H,1-2H2. The molecule has 0 spiro atoms. The summed E-state index contributed by atoms with van der Waals surface area (Å²) in [6, 6.07) is 0. The molecule has 1 aliphatic carbocycles. The fourth-order valence-corrected chi connectivity index (χ4v) is 0. The van der Waals surface area contributed by atoms with Crippen molar-refractivity contribution >= 4 is 0 Å². The average Bonchev–Trinajstić information content (AvgIpc) is 2.91. The molecule has 1 aliphatic rings. The summed E-state index contributed by atoms with van der Waals surface area (Å²) in [5, 5.41) is 31.3. The summed E-state index contributed by atoms with van der Waals surface area (Å²) in [5.41, 5.74) is 0. The van der Waals surface area contributed by atoms with Crippen molar-refractivity contribution in [1.82, 2.24) is 0 Å². The van der Waals surface area contributed by atoms with Gasteiger partial charge in [0, 0.05) is 0 Å². The van der Waals surface area contributed by atoms with Crippen LogP contribution in [0, 0.1) is 0 Å². The van der Waals surface area contributed by atoms with Crippen molar-refractivity contribution in [2.45, 2.75) is 32.3 Å². The molecule has 0 aromatic carbocycles. The van der Waals surface area contributed by atoms with Crippen molar-refractivity contribution < 1.29 is 20.4 Å². The van der Waals surface area contributed by atoms with Gasteiger partial charge in [-0.2, -0.15) is 0 Å². The molecule has 12 heavy (non-hydrogen) atoms. The molecule has 0 heterocycles. The van der Waals surface area contributed by atoms with Gasteiger partial charge in [0.2, 0.25) is 0 Å². The summed E-state index contributed by atoms with van der Waals surface area (Å²) in [6.45, 7) is 1.14. The molecular formula is C8H20O4. The summed E-state index contributed by atoms with van der Waals surface area (Å²) in [6.07, 6.45) is 3.94. The van der Waals surface area contributed by atoms with Crippen LogP contribution in [0.4, 0.5) is 0 Å². The maximum absolute atomic E-state index is 8.11. The Kier molecular flexibility index (Phi) is 16.1. The lowest BCUT2D eigenvalue weighted by molar-refractivity contribution is 0.110. The van der Waals surface area contributed by atoms with Gasteiger partial charge in [0.05, 0.1) is 25.9 Å². The number of aliphatic hydroxyl groups is 4. The fraction of sp³-hybridized carbons (Fsp3) is 1.00. The van der Waals surface area contributed by atoms with Crippen LogP contribution in [-0.2, 0) is 0 Å². The summed E-state index contributed by atoms with van der Waals surface area (Å²) in [7, 11) is 0. The molecule has 4 heteroatoms. The molecule has 0 aromatic rings. The normalized spacial score (nSPS) is 14.8. The van der Waals surface area contributed by atoms with Gasteiger partial charge in [-0.1, -0.05) is 19.3 Å². The molecule has 0 aromatic heterocycles. The average molecular weight is 180 g/mol. The Hall–Kier alpha value is -0.160. The van der Waals surface area contributed by atoms with Crippen molar-refractivity contribution in [2.75, 3.05) is 19.8 Å². The van der Waals surface area contributed by atoms with E-state index < -0.39 is 6.10 Å². The predicted octanol–water partition coefficient (Wildman–Crippen LogP) is -0.499. The lowest BCUT2D eigenvalue weighted by Crippen LogP contribution is -2.03. The smallest absolute Gasteiger partial charge is 0.0742 e. The van der Waals surface area contributed by atoms with Crippen molar-refractivity contribution in [2.24, 2.45) is 0 Å². The van der Waals surface area contributed by atoms with Crippen LogP contribution >= 0.6 is 0 Å². The Labute approximate surface area is 73.5 Å². The van der Waals surface area contributed by atoms with Crippen LogP contribution in [0.5, 0.6) is 0 Å². The van der Waals surface area contributed by atoms with Crippen LogP contribution < -0.4 is 0 Å². The molecule has 1 rings (SSSR count). The lowest BCUT2D eigenvalue weighted by atomic mass is 10.5. The third-order valence-corrected chi connectivity index (χ3v) is 0.718. The highest BCUT2D eigenvalue weighted by molar-refractivity contribution is 4.50. The first-order valence-electron chi connectivity index (χ1n) is 4.19. The minimum absolute atomic E-state index is 0.125. The van der Waals surface area contributed by atoms with Crippen molar-refractivity contribution in [3.63, 3.8) is 0 Å². The van der Waals surface area contributed by atoms with Gasteiger partial charge in [-0.25, -0.2) is 0 Å². The van der Waals surface area contributed by atoms with Gasteiger partial charge in [-0.15, -0.1) is 0 Å². The summed E-state index contributed by atoms with van der Waals surface area (Å²) in [4.78, 5) is 0. The van der Waals surface area contributed by atoms with Crippen LogP contribution in [0.1, 0.15) is 26.2 Å². The molecule has 4 N–H and O–H groups in total. The van der Waals surface area contributed by atoms with Crippen molar-refractivity contribution in [3.8, 4) is 0 Å². The summed E-state index contributed by atoms with van der Waals surface area (Å²) < 4.78 is 0. The Morgan fingerprint density at radius 2 is 1.25 bits per heavy atom. The Balaban J connectivity index is 0. The number of hydrogen-bond donors (Lipinski definition) is 4. The highest BCUT2D eigenvalue weighted by atomic mass is 16.3. The SMILES string of the molecule is C1CC1.CC(O)CO.OCCO. The zero-order chi connectivity index (χ0) is 9.82. The van der Waals surface area contributed by atoms with Gasteiger partial charge in [-0.3, -0.25) is 0 Å². The zero-order valence-electron chi connectivity index (χ0n) is 7.61. The van der Waals surface area contributed by atoms with Gasteiger partial charge in [0.15, 0.2) is 0 Å². The van der Waals surface area contributed by atoms with Crippen LogP contribution in [0.2, 0.25) is 0 Å². The molecule has 0 bridgehead atoms. The van der Waals surface area contributed by atoms with E-state index in [0.29, 0.717) is 0 Å². The minimum atomic E-state index is -0.560. The lowest BCUT2D eigenvalue weighted by Gasteiger charge is -1.90. The molecular weight excluding hydrogens is 160 g/mol. The maximum Gasteiger partial charge on any atom is 0.0742 e. The number of aliphatic hydroxyl groups excluding tert-OH is 4. The fourth-order valence-electron chi connectivity index (χ4n) is 0. The van der Waals surface area contributed by atoms with Crippen LogP contribution in [-0.4, -0.2) is 46.4 Å². The second kappa shape index (κ2) is 13.4. The van der Waals surface area contributed by atoms with Crippen LogP contribution in [0.3, 0.4) is 0 Å². The van der Waals surface area contributed by atoms with Gasteiger partial charge >= 0.3 is 0 Å². The number of hydrogen-bond acceptors (Lipinski definition) is 4. The Morgan fingerprint density at radius 1 is 1.00 bits per heavy atom. The quantitative estimate of drug-likeness (QED) is 0.462. The first kappa shape index (κ1) is 14.4. The van der Waals surface area contributed by atoms with Crippen molar-refractivity contribution in [3.05, 3.63) is 0 Å². The molecule has 1 atom stereocenters. The second-order valence-electron chi connectivity index (χ2n) is 2.54. The zero-order valence-corrected chi connectivity index (χ0v) is 7.61. The molecule has 0 amide bonds. The van der Waals surface area contributed by atoms with E-state index in [4.69, 9.17) is 20.4 Å². The largest absolute Gasteiger partial charge is 0.394 e. The van der Waals surface area contributed by atoms with E-state index in [0.717, 1.165) is 0 Å². The van der Waals surface area contributed by atoms with E-state index >= 15 is 0 Å². The van der Waals surface area contributed by atoms with E-state index in [1.165, 1.54) is 26.2 Å². The molecule has 0 radical (unpaired) electrons. The van der Waals surface area contributed by atoms with E-state index in [9.17, 15) is 0 Å². The van der Waals surface area contributed by atoms with Crippen molar-refractivity contribution in [1.29, 1.82) is 0 Å². The van der Waals surface area contributed by atoms with Gasteiger partial charge in [0.25, 0.3) is 0 Å². The van der Waals surface area contributed by atoms with Gasteiger partial charge < -0.3 is 20.4 Å². The molecule has 0 saturated heterocycles. The number of rotatable bonds is 2. The summed E-state index contributed by atoms with van der Waals surface area (Å²) in [5.74, 6) is 0. The Morgan fingerprint density at radius 3 is 1.25 bits per heavy atom. The molecule has 1 saturated carbocycles. The van der Waals surface area contributed by atoms with E-state index in [1.807, 2.05) is 0 Å². The van der Waals surface area contributed by atoms with Crippen LogP contribution in [0.15, 0.2) is 0 Å². The molecule has 76 valence electrons. The molecule has 1 unspecified atom stereocenters. The first-order chi connectivity index (χ1) is 5.68. The third-order valence-electron chi connectivity index (χ3n) is 0.718. The van der Waals surface area contributed by atoms with E-state index in [1.54, 1.807) is 0 Å². The Bertz CT molecular complexity index is 59.3. The monoisotopic (exact) mass is 180 g/mol. The second-order valence-corrected chi connectivity index (χ2v) is 2.54. The molecule has 4 nitrogen and oxygen atoms in total. The third kappa shape index (κ3) is 52.1. The highest BCUT2D eigenvalue weighted by Crippen LogP contribution is 2.14. The van der Waals surface area contributed by atoms with Gasteiger partial charge in [0.1, 0.15) is 0 Å². The van der Waals surface area contributed by atoms with Gasteiger partial charge in [-0.05, 0) is 6.92 Å². The van der Waals surface area contributed by atoms with E-state index in [-0.39, 0.29) is 19.8 Å². The van der Waals surface area contributed by atoms with Crippen LogP contribution in [0.25, 0.3) is 0 Å². The molecule has 1 fully saturated rings. The minimum Gasteiger partial charge on any atom is -0.394 e. The predicted molar refractivity (Wildman–Crippen MR) is 46.8 cm³/mol. The topological polar surface area (TPSA) is 80.9 Å². The maximum atomic E-state index is 8.11. The molecule has 0 aliphatic heterocycles. The van der Waals surface area contributed by atoms with E-state index in [2.05, 4.69) is 0 Å². The first-order valence-corrected chi connectivity index (χ1v) is 4.19. The summed E-state index contributed by atoms with van der Waals surface area (Å²) >= 11 is 0. The highest BCUT2D eigenvalue weighted by Gasteiger charge is 1.95.